The number of benzene rings is 1. The molecule has 0 bridgehead atoms. The van der Waals surface area contributed by atoms with Gasteiger partial charge in [0.15, 0.2) is 5.78 Å². The summed E-state index contributed by atoms with van der Waals surface area (Å²) >= 11 is 0. The average molecular weight is 720 g/mol. The second-order valence-corrected chi connectivity index (χ2v) is 12.6. The fourth-order valence-electron chi connectivity index (χ4n) is 5.10. The molecule has 2 fully saturated rings. The number of nitrogens with zero attached hydrogens (tertiary/aromatic N) is 1. The average Bonchev–Trinajstić information content (AvgIpc) is 3.82. The Kier molecular flexibility index (Phi) is 16.0. The van der Waals surface area contributed by atoms with Gasteiger partial charge in [0.2, 0.25) is 23.6 Å². The predicted molar refractivity (Wildman–Crippen MR) is 168 cm³/mol. The summed E-state index contributed by atoms with van der Waals surface area (Å²) in [6, 6.07) is 2.90. The van der Waals surface area contributed by atoms with Crippen LogP contribution in [0, 0.1) is 5.92 Å². The van der Waals surface area contributed by atoms with Gasteiger partial charge in [-0.2, -0.15) is 17.6 Å². The number of ether oxygens (including phenoxy) is 4. The Bertz CT molecular complexity index is 1280. The van der Waals surface area contributed by atoms with Crippen molar-refractivity contribution in [2.24, 2.45) is 5.92 Å². The minimum Gasteiger partial charge on any atom is -0.379 e. The van der Waals surface area contributed by atoms with Crippen LogP contribution >= 0.6 is 0 Å². The highest BCUT2D eigenvalue weighted by atomic mass is 19.3. The molecule has 2 aliphatic rings. The number of alkyl halides is 4. The minimum atomic E-state index is -3.36. The van der Waals surface area contributed by atoms with Crippen LogP contribution in [0.4, 0.5) is 17.6 Å². The monoisotopic (exact) mass is 719 g/mol. The van der Waals surface area contributed by atoms with Crippen LogP contribution in [0.15, 0.2) is 30.3 Å². The molecule has 0 radical (unpaired) electrons. The molecule has 2 saturated heterocycles. The smallest absolute Gasteiger partial charge is 0.345 e. The molecule has 2 aliphatic heterocycles. The van der Waals surface area contributed by atoms with E-state index in [0.29, 0.717) is 26.3 Å². The minimum absolute atomic E-state index is 0.0381. The van der Waals surface area contributed by atoms with Gasteiger partial charge in [-0.3, -0.25) is 28.9 Å². The number of hydrogen-bond acceptors (Lipinski definition) is 10. The van der Waals surface area contributed by atoms with Crippen molar-refractivity contribution in [1.82, 2.24) is 26.2 Å². The number of amides is 4. The third-order valence-electron chi connectivity index (χ3n) is 7.89. The number of halogens is 4. The van der Waals surface area contributed by atoms with E-state index in [1.807, 2.05) is 0 Å². The van der Waals surface area contributed by atoms with Gasteiger partial charge in [-0.25, -0.2) is 0 Å². The van der Waals surface area contributed by atoms with Crippen LogP contribution in [0.1, 0.15) is 32.8 Å². The molecule has 0 saturated carbocycles. The lowest BCUT2D eigenvalue weighted by atomic mass is 9.94. The number of nitrogens with one attached hydrogen (secondary N) is 4. The molecule has 4 N–H and O–H groups in total. The highest BCUT2D eigenvalue weighted by molar-refractivity contribution is 5.99. The Morgan fingerprint density at radius 2 is 1.30 bits per heavy atom. The normalized spacial score (nSPS) is 20.1. The molecule has 0 aliphatic carbocycles. The standard InChI is InChI=1S/C32H45F4N5O9/c1-19(2)13-22(27(44)38-21(26(43)32(3)18-50-32)14-20-7-5-4-6-8-20)39-29(46)24(17-49-31(35)36)40-28(45)23(16-48-30(33)34)37-25(42)15-41-9-11-47-12-10-41/h4-8,19,21-24,30-31H,9-18H2,1-3H3,(H,37,42)(H,38,44)(H,39,46)(H,40,45)/t21-,22-,23-,24-,32-/m0/s1. The molecule has 5 atom stereocenters. The fraction of sp³-hybridized carbons (Fsp3) is 0.656. The largest absolute Gasteiger partial charge is 0.379 e. The van der Waals surface area contributed by atoms with Gasteiger partial charge < -0.3 is 40.2 Å². The van der Waals surface area contributed by atoms with Gasteiger partial charge >= 0.3 is 13.2 Å². The lowest BCUT2D eigenvalue weighted by Crippen LogP contribution is -2.60. The maximum Gasteiger partial charge on any atom is 0.345 e. The summed E-state index contributed by atoms with van der Waals surface area (Å²) in [5.41, 5.74) is -0.345. The topological polar surface area (TPSA) is 177 Å². The first-order valence-electron chi connectivity index (χ1n) is 16.2. The Hall–Kier alpha value is -3.71. The third-order valence-corrected chi connectivity index (χ3v) is 7.89. The summed E-state index contributed by atoms with van der Waals surface area (Å²) in [5.74, 6) is -4.40. The van der Waals surface area contributed by atoms with Crippen molar-refractivity contribution in [2.45, 2.75) is 76.6 Å². The summed E-state index contributed by atoms with van der Waals surface area (Å²) < 4.78 is 71.0. The van der Waals surface area contributed by atoms with E-state index in [1.54, 1.807) is 56.0 Å². The summed E-state index contributed by atoms with van der Waals surface area (Å²) in [7, 11) is 0. The van der Waals surface area contributed by atoms with Crippen molar-refractivity contribution in [3.8, 4) is 0 Å². The molecule has 0 aromatic heterocycles. The van der Waals surface area contributed by atoms with Gasteiger partial charge in [-0.15, -0.1) is 0 Å². The van der Waals surface area contributed by atoms with E-state index in [0.717, 1.165) is 5.56 Å². The number of hydrogen-bond donors (Lipinski definition) is 4. The highest BCUT2D eigenvalue weighted by Crippen LogP contribution is 2.29. The molecule has 4 amide bonds. The van der Waals surface area contributed by atoms with E-state index in [4.69, 9.17) is 9.47 Å². The lowest BCUT2D eigenvalue weighted by molar-refractivity contribution is -0.153. The Labute approximate surface area is 287 Å². The molecule has 280 valence electrons. The van der Waals surface area contributed by atoms with Crippen molar-refractivity contribution in [2.75, 3.05) is 52.7 Å². The number of carbonyl (C=O) groups is 5. The first kappa shape index (κ1) is 40.7. The van der Waals surface area contributed by atoms with E-state index in [-0.39, 0.29) is 37.7 Å². The number of rotatable bonds is 21. The van der Waals surface area contributed by atoms with Crippen molar-refractivity contribution in [3.05, 3.63) is 35.9 Å². The van der Waals surface area contributed by atoms with E-state index < -0.39 is 79.8 Å². The molecule has 2 heterocycles. The van der Waals surface area contributed by atoms with Crippen LogP contribution in [-0.2, 0) is 49.3 Å². The fourth-order valence-corrected chi connectivity index (χ4v) is 5.10. The van der Waals surface area contributed by atoms with Gasteiger partial charge in [0.1, 0.15) is 23.7 Å². The zero-order valence-corrected chi connectivity index (χ0v) is 28.1. The second kappa shape index (κ2) is 19.6. The Morgan fingerprint density at radius 1 is 0.800 bits per heavy atom. The lowest BCUT2D eigenvalue weighted by Gasteiger charge is -2.28. The van der Waals surface area contributed by atoms with Crippen LogP contribution in [0.3, 0.4) is 0 Å². The third kappa shape index (κ3) is 13.9. The molecule has 1 aromatic rings. The van der Waals surface area contributed by atoms with Crippen molar-refractivity contribution in [3.63, 3.8) is 0 Å². The summed E-state index contributed by atoms with van der Waals surface area (Å²) in [6.07, 6.45) is 0.156. The van der Waals surface area contributed by atoms with Crippen molar-refractivity contribution < 1.29 is 60.5 Å². The second-order valence-electron chi connectivity index (χ2n) is 12.6. The van der Waals surface area contributed by atoms with E-state index in [1.165, 1.54) is 0 Å². The number of epoxide rings is 1. The van der Waals surface area contributed by atoms with Crippen molar-refractivity contribution >= 4 is 29.4 Å². The Balaban J connectivity index is 1.75. The number of Topliss-reactive ketones (excluding diaryl/α,β-unsaturated/α-hetero) is 1. The highest BCUT2D eigenvalue weighted by Gasteiger charge is 2.50. The zero-order chi connectivity index (χ0) is 36.8. The molecule has 0 unspecified atom stereocenters. The van der Waals surface area contributed by atoms with Gasteiger partial charge in [-0.05, 0) is 31.2 Å². The zero-order valence-electron chi connectivity index (χ0n) is 28.1. The van der Waals surface area contributed by atoms with Crippen LogP contribution < -0.4 is 21.3 Å². The molecular weight excluding hydrogens is 674 g/mol. The quantitative estimate of drug-likeness (QED) is 0.103. The SMILES string of the molecule is CC(C)C[C@H](NC(=O)[C@H](COC(F)F)NC(=O)[C@H](COC(F)F)NC(=O)CN1CCOCC1)C(=O)N[C@@H](Cc1ccccc1)C(=O)[C@]1(C)CO1. The molecule has 14 nitrogen and oxygen atoms in total. The van der Waals surface area contributed by atoms with Crippen LogP contribution in [-0.4, -0.2) is 130 Å². The first-order valence-corrected chi connectivity index (χ1v) is 16.2. The van der Waals surface area contributed by atoms with Gasteiger partial charge in [-0.1, -0.05) is 44.2 Å². The molecule has 3 rings (SSSR count). The summed E-state index contributed by atoms with van der Waals surface area (Å²) in [5, 5.41) is 9.52. The molecule has 0 spiro atoms. The van der Waals surface area contributed by atoms with Crippen LogP contribution in [0.25, 0.3) is 0 Å². The maximum absolute atomic E-state index is 13.6. The number of carbonyl (C=O) groups excluding carboxylic acids is 5. The predicted octanol–water partition coefficient (Wildman–Crippen LogP) is 0.383. The molecule has 18 heteroatoms. The van der Waals surface area contributed by atoms with E-state index in [9.17, 15) is 41.5 Å². The first-order chi connectivity index (χ1) is 23.7. The molecular formula is C32H45F4N5O9. The summed E-state index contributed by atoms with van der Waals surface area (Å²) in [4.78, 5) is 67.9. The molecule has 1 aromatic carbocycles. The van der Waals surface area contributed by atoms with Gasteiger partial charge in [0.05, 0.1) is 45.6 Å². The van der Waals surface area contributed by atoms with Crippen LogP contribution in [0.2, 0.25) is 0 Å². The summed E-state index contributed by atoms with van der Waals surface area (Å²) in [6.45, 7) is -2.17. The molecule has 50 heavy (non-hydrogen) atoms. The van der Waals surface area contributed by atoms with Crippen molar-refractivity contribution in [1.29, 1.82) is 0 Å². The van der Waals surface area contributed by atoms with Crippen LogP contribution in [0.5, 0.6) is 0 Å². The van der Waals surface area contributed by atoms with Gasteiger partial charge in [0.25, 0.3) is 0 Å². The van der Waals surface area contributed by atoms with E-state index in [2.05, 4.69) is 30.7 Å². The van der Waals surface area contributed by atoms with Gasteiger partial charge in [0, 0.05) is 13.1 Å². The Morgan fingerprint density at radius 3 is 1.82 bits per heavy atom. The maximum atomic E-state index is 13.6. The van der Waals surface area contributed by atoms with E-state index >= 15 is 0 Å². The number of ketones is 1. The number of morpholine rings is 1.